The summed E-state index contributed by atoms with van der Waals surface area (Å²) in [5.41, 5.74) is 0.170. The van der Waals surface area contributed by atoms with Crippen LogP contribution < -0.4 is 0 Å². The van der Waals surface area contributed by atoms with Crippen molar-refractivity contribution in [3.05, 3.63) is 35.5 Å². The van der Waals surface area contributed by atoms with Crippen molar-refractivity contribution in [2.75, 3.05) is 6.54 Å². The molecular weight excluding hydrogens is 347 g/mol. The van der Waals surface area contributed by atoms with Crippen molar-refractivity contribution in [1.82, 2.24) is 15.0 Å². The van der Waals surface area contributed by atoms with Gasteiger partial charge in [-0.3, -0.25) is 4.79 Å². The van der Waals surface area contributed by atoms with Crippen LogP contribution in [0.15, 0.2) is 22.7 Å². The number of halogens is 3. The lowest BCUT2D eigenvalue weighted by Crippen LogP contribution is -2.45. The Hall–Kier alpha value is -2.38. The summed E-state index contributed by atoms with van der Waals surface area (Å²) in [6, 6.07) is 4.31. The van der Waals surface area contributed by atoms with Crippen molar-refractivity contribution >= 4 is 5.91 Å². The van der Waals surface area contributed by atoms with Gasteiger partial charge in [-0.25, -0.2) is 4.39 Å². The minimum Gasteiger partial charge on any atom is -0.338 e. The lowest BCUT2D eigenvalue weighted by atomic mass is 9.83. The van der Waals surface area contributed by atoms with E-state index in [1.54, 1.807) is 11.0 Å². The van der Waals surface area contributed by atoms with E-state index in [-0.39, 0.29) is 17.3 Å². The molecule has 1 aliphatic rings. The van der Waals surface area contributed by atoms with Gasteiger partial charge >= 0.3 is 5.92 Å². The van der Waals surface area contributed by atoms with Gasteiger partial charge in [-0.15, -0.1) is 0 Å². The molecule has 26 heavy (non-hydrogen) atoms. The maximum Gasteiger partial charge on any atom is 0.322 e. The smallest absolute Gasteiger partial charge is 0.322 e. The lowest BCUT2D eigenvalue weighted by molar-refractivity contribution is -0.144. The number of nitrogens with zero attached hydrogens (tertiary/aromatic N) is 3. The molecule has 8 heteroatoms. The summed E-state index contributed by atoms with van der Waals surface area (Å²) < 4.78 is 45.3. The minimum absolute atomic E-state index is 0.0294. The van der Waals surface area contributed by atoms with Gasteiger partial charge in [0.15, 0.2) is 0 Å². The third-order valence-electron chi connectivity index (χ3n) is 4.55. The Balaban J connectivity index is 1.80. The van der Waals surface area contributed by atoms with E-state index in [9.17, 15) is 18.0 Å². The fourth-order valence-electron chi connectivity index (χ4n) is 3.07. The summed E-state index contributed by atoms with van der Waals surface area (Å²) in [7, 11) is 0. The number of rotatable bonds is 4. The van der Waals surface area contributed by atoms with E-state index < -0.39 is 23.0 Å². The van der Waals surface area contributed by atoms with Crippen LogP contribution in [-0.2, 0) is 17.3 Å². The highest BCUT2D eigenvalue weighted by atomic mass is 19.3. The quantitative estimate of drug-likeness (QED) is 0.815. The summed E-state index contributed by atoms with van der Waals surface area (Å²) in [5, 5.41) is 3.42. The van der Waals surface area contributed by atoms with Crippen LogP contribution in [0.2, 0.25) is 0 Å². The number of hydrogen-bond acceptors (Lipinski definition) is 4. The van der Waals surface area contributed by atoms with Crippen LogP contribution in [0, 0.1) is 11.2 Å². The molecule has 0 N–H and O–H groups in total. The molecule has 0 unspecified atom stereocenters. The Bertz CT molecular complexity index is 827. The molecule has 1 saturated heterocycles. The molecule has 1 fully saturated rings. The average Bonchev–Trinajstić information content (AvgIpc) is 3.02. The molecule has 0 aliphatic carbocycles. The van der Waals surface area contributed by atoms with Crippen molar-refractivity contribution in [1.29, 1.82) is 0 Å². The van der Waals surface area contributed by atoms with Gasteiger partial charge in [-0.05, 0) is 30.5 Å². The Morgan fingerprint density at radius 2 is 2.08 bits per heavy atom. The SMILES string of the molecule is CC1(C)CCCN(Cc2ccc(-c3noc(C(C)(F)F)n3)c(F)c2)C1=O. The van der Waals surface area contributed by atoms with E-state index >= 15 is 0 Å². The Kier molecular flexibility index (Phi) is 4.54. The first kappa shape index (κ1) is 18.4. The van der Waals surface area contributed by atoms with Crippen LogP contribution in [0.4, 0.5) is 13.2 Å². The molecule has 3 rings (SSSR count). The highest BCUT2D eigenvalue weighted by molar-refractivity contribution is 5.82. The summed E-state index contributed by atoms with van der Waals surface area (Å²) in [5.74, 6) is -5.00. The van der Waals surface area contributed by atoms with Crippen LogP contribution in [-0.4, -0.2) is 27.5 Å². The topological polar surface area (TPSA) is 59.2 Å². The van der Waals surface area contributed by atoms with Crippen molar-refractivity contribution in [3.63, 3.8) is 0 Å². The van der Waals surface area contributed by atoms with Crippen molar-refractivity contribution in [2.24, 2.45) is 5.41 Å². The first-order chi connectivity index (χ1) is 12.1. The summed E-state index contributed by atoms with van der Waals surface area (Å²) >= 11 is 0. The minimum atomic E-state index is -3.29. The number of aromatic nitrogens is 2. The van der Waals surface area contributed by atoms with Gasteiger partial charge in [0.1, 0.15) is 5.82 Å². The molecule has 0 saturated carbocycles. The van der Waals surface area contributed by atoms with Gasteiger partial charge in [0, 0.05) is 25.4 Å². The Morgan fingerprint density at radius 3 is 2.69 bits per heavy atom. The van der Waals surface area contributed by atoms with Gasteiger partial charge in [-0.1, -0.05) is 25.1 Å². The maximum absolute atomic E-state index is 14.4. The summed E-state index contributed by atoms with van der Waals surface area (Å²) in [6.07, 6.45) is 1.73. The van der Waals surface area contributed by atoms with Gasteiger partial charge in [0.25, 0.3) is 5.89 Å². The first-order valence-corrected chi connectivity index (χ1v) is 8.38. The second-order valence-corrected chi connectivity index (χ2v) is 7.34. The number of piperidine rings is 1. The average molecular weight is 367 g/mol. The zero-order valence-electron chi connectivity index (χ0n) is 14.9. The molecule has 1 aromatic heterocycles. The van der Waals surface area contributed by atoms with E-state index in [4.69, 9.17) is 0 Å². The molecule has 0 spiro atoms. The van der Waals surface area contributed by atoms with E-state index in [1.165, 1.54) is 12.1 Å². The predicted octanol–water partition coefficient (Wildman–Crippen LogP) is 4.14. The highest BCUT2D eigenvalue weighted by Gasteiger charge is 2.35. The molecule has 140 valence electrons. The van der Waals surface area contributed by atoms with E-state index in [1.807, 2.05) is 13.8 Å². The van der Waals surface area contributed by atoms with Crippen LogP contribution in [0.5, 0.6) is 0 Å². The van der Waals surface area contributed by atoms with Crippen molar-refractivity contribution in [3.8, 4) is 11.4 Å². The van der Waals surface area contributed by atoms with E-state index in [0.29, 0.717) is 25.6 Å². The van der Waals surface area contributed by atoms with Gasteiger partial charge in [0.05, 0.1) is 5.56 Å². The van der Waals surface area contributed by atoms with Crippen molar-refractivity contribution in [2.45, 2.75) is 46.1 Å². The Labute approximate surface area is 149 Å². The lowest BCUT2D eigenvalue weighted by Gasteiger charge is -2.37. The highest BCUT2D eigenvalue weighted by Crippen LogP contribution is 2.32. The van der Waals surface area contributed by atoms with E-state index in [2.05, 4.69) is 14.7 Å². The predicted molar refractivity (Wildman–Crippen MR) is 87.7 cm³/mol. The number of alkyl halides is 2. The van der Waals surface area contributed by atoms with Crippen molar-refractivity contribution < 1.29 is 22.5 Å². The van der Waals surface area contributed by atoms with Crippen LogP contribution in [0.1, 0.15) is 45.1 Å². The molecular formula is C18H20F3N3O2. The summed E-state index contributed by atoms with van der Waals surface area (Å²) in [6.45, 7) is 5.36. The molecule has 1 aromatic carbocycles. The summed E-state index contributed by atoms with van der Waals surface area (Å²) in [4.78, 5) is 17.7. The number of carbonyl (C=O) groups excluding carboxylic acids is 1. The second kappa shape index (κ2) is 6.41. The molecule has 0 bridgehead atoms. The largest absolute Gasteiger partial charge is 0.338 e. The third-order valence-corrected chi connectivity index (χ3v) is 4.55. The molecule has 1 amide bonds. The van der Waals surface area contributed by atoms with Gasteiger partial charge in [0.2, 0.25) is 11.7 Å². The fraction of sp³-hybridized carbons (Fsp3) is 0.500. The molecule has 2 aromatic rings. The molecule has 0 radical (unpaired) electrons. The molecule has 0 atom stereocenters. The monoisotopic (exact) mass is 367 g/mol. The second-order valence-electron chi connectivity index (χ2n) is 7.34. The van der Waals surface area contributed by atoms with Gasteiger partial charge < -0.3 is 9.42 Å². The van der Waals surface area contributed by atoms with Crippen LogP contribution >= 0.6 is 0 Å². The van der Waals surface area contributed by atoms with Crippen LogP contribution in [0.3, 0.4) is 0 Å². The number of amides is 1. The third kappa shape index (κ3) is 3.59. The zero-order valence-corrected chi connectivity index (χ0v) is 14.9. The first-order valence-electron chi connectivity index (χ1n) is 8.38. The number of hydrogen-bond donors (Lipinski definition) is 0. The van der Waals surface area contributed by atoms with Crippen LogP contribution in [0.25, 0.3) is 11.4 Å². The number of likely N-dealkylation sites (tertiary alicyclic amines) is 1. The van der Waals surface area contributed by atoms with Gasteiger partial charge in [-0.2, -0.15) is 13.8 Å². The molecule has 2 heterocycles. The number of carbonyl (C=O) groups is 1. The standard InChI is InChI=1S/C18H20F3N3O2/c1-17(2)7-4-8-24(16(17)25)10-11-5-6-12(13(19)9-11)14-22-15(26-23-14)18(3,20)21/h5-6,9H,4,7-8,10H2,1-3H3. The molecule has 5 nitrogen and oxygen atoms in total. The number of benzene rings is 1. The van der Waals surface area contributed by atoms with E-state index in [0.717, 1.165) is 12.8 Å². The normalized spacial score (nSPS) is 17.6. The zero-order chi connectivity index (χ0) is 19.1. The Morgan fingerprint density at radius 1 is 1.35 bits per heavy atom. The fourth-order valence-corrected chi connectivity index (χ4v) is 3.07. The molecule has 1 aliphatic heterocycles. The maximum atomic E-state index is 14.4.